The molecule has 0 N–H and O–H groups in total. The van der Waals surface area contributed by atoms with Crippen LogP contribution in [0.1, 0.15) is 105 Å². The van der Waals surface area contributed by atoms with Crippen LogP contribution in [0.5, 0.6) is 0 Å². The molecule has 6 heteroatoms. The number of benzene rings is 1. The number of carbonyl (C=O) groups excluding carboxylic acids is 2. The van der Waals surface area contributed by atoms with Gasteiger partial charge in [-0.15, -0.1) is 0 Å². The van der Waals surface area contributed by atoms with E-state index in [0.29, 0.717) is 19.3 Å². The molecule has 1 aromatic rings. The fourth-order valence-electron chi connectivity index (χ4n) is 5.34. The minimum absolute atomic E-state index is 0.0307. The number of hydrogen-bond donors (Lipinski definition) is 0. The zero-order chi connectivity index (χ0) is 31.4. The molecule has 1 aliphatic rings. The molecule has 0 aliphatic heterocycles. The lowest BCUT2D eigenvalue weighted by atomic mass is 9.89. The average Bonchev–Trinajstić information content (AvgIpc) is 3.21. The maximum absolute atomic E-state index is 13.4. The summed E-state index contributed by atoms with van der Waals surface area (Å²) in [6.45, 7) is 17.9. The Kier molecular flexibility index (Phi) is 14.4. The van der Waals surface area contributed by atoms with Gasteiger partial charge in [-0.2, -0.15) is 0 Å². The second kappa shape index (κ2) is 16.7. The molecular formula is C36H58O5Si. The van der Waals surface area contributed by atoms with Gasteiger partial charge in [0.15, 0.2) is 8.32 Å². The molecular weight excluding hydrogens is 540 g/mol. The van der Waals surface area contributed by atoms with Crippen LogP contribution < -0.4 is 0 Å². The lowest BCUT2D eigenvalue weighted by molar-refractivity contribution is -0.140. The van der Waals surface area contributed by atoms with E-state index >= 15 is 0 Å². The highest BCUT2D eigenvalue weighted by molar-refractivity contribution is 6.74. The third kappa shape index (κ3) is 11.2. The number of ether oxygens (including phenoxy) is 2. The second-order valence-corrected chi connectivity index (χ2v) is 18.6. The normalized spacial score (nSPS) is 21.0. The average molecular weight is 599 g/mol. The predicted octanol–water partition coefficient (Wildman–Crippen LogP) is 9.33. The smallest absolute Gasteiger partial charge is 0.305 e. The maximum Gasteiger partial charge on any atom is 0.305 e. The van der Waals surface area contributed by atoms with Crippen molar-refractivity contribution in [2.75, 3.05) is 7.11 Å². The van der Waals surface area contributed by atoms with Gasteiger partial charge in [0.2, 0.25) is 0 Å². The number of rotatable bonds is 17. The van der Waals surface area contributed by atoms with Gasteiger partial charge in [0.25, 0.3) is 0 Å². The highest BCUT2D eigenvalue weighted by Crippen LogP contribution is 2.41. The Morgan fingerprint density at radius 3 is 2.36 bits per heavy atom. The summed E-state index contributed by atoms with van der Waals surface area (Å²) < 4.78 is 18.4. The lowest BCUT2D eigenvalue weighted by Crippen LogP contribution is -2.43. The first kappa shape index (κ1) is 36.2. The van der Waals surface area contributed by atoms with Crippen LogP contribution >= 0.6 is 0 Å². The first-order valence-corrected chi connectivity index (χ1v) is 19.0. The molecule has 0 radical (unpaired) electrons. The molecule has 1 aromatic carbocycles. The highest BCUT2D eigenvalue weighted by Gasteiger charge is 2.44. The van der Waals surface area contributed by atoms with E-state index in [1.807, 2.05) is 18.2 Å². The molecule has 0 amide bonds. The SMILES string of the molecule is CCCCCC(/C=C/[C@H]1[C@H](OC(C)(C)c2ccccc2)CC(=O)[C@@H]1C/C=C/CCCC(=O)OC)O[Si](C)(C)C(C)(C)C. The van der Waals surface area contributed by atoms with Crippen molar-refractivity contribution in [3.63, 3.8) is 0 Å². The Balaban J connectivity index is 2.30. The Hall–Kier alpha value is -2.02. The van der Waals surface area contributed by atoms with Crippen LogP contribution in [0, 0.1) is 11.8 Å². The van der Waals surface area contributed by atoms with Gasteiger partial charge in [-0.3, -0.25) is 9.59 Å². The number of carbonyl (C=O) groups is 2. The van der Waals surface area contributed by atoms with Crippen molar-refractivity contribution in [2.24, 2.45) is 11.8 Å². The van der Waals surface area contributed by atoms with Gasteiger partial charge in [0.05, 0.1) is 24.9 Å². The summed E-state index contributed by atoms with van der Waals surface area (Å²) in [5.41, 5.74) is 0.586. The van der Waals surface area contributed by atoms with Crippen molar-refractivity contribution < 1.29 is 23.5 Å². The molecule has 2 rings (SSSR count). The van der Waals surface area contributed by atoms with E-state index in [1.54, 1.807) is 0 Å². The number of Topliss-reactive ketones (excluding diaryl/α,β-unsaturated/α-hetero) is 1. The fraction of sp³-hybridized carbons (Fsp3) is 0.667. The third-order valence-electron chi connectivity index (χ3n) is 9.05. The van der Waals surface area contributed by atoms with E-state index in [9.17, 15) is 9.59 Å². The first-order chi connectivity index (χ1) is 19.7. The number of allylic oxidation sites excluding steroid dienone is 2. The standard InChI is InChI=1S/C36H58O5Si/c1-10-11-15-22-29(41-42(8,9)35(2,3)4)25-26-31-30(23-18-12-13-19-24-34(38)39-7)32(37)27-33(31)40-36(5,6)28-20-16-14-17-21-28/h12,14,16-18,20-21,25-26,29-31,33H,10-11,13,15,19,22-24,27H2,1-9H3/b18-12+,26-25+/t29?,30-,31-,33-/m1/s1. The molecule has 0 heterocycles. The summed E-state index contributed by atoms with van der Waals surface area (Å²) in [5.74, 6) is -0.102. The first-order valence-electron chi connectivity index (χ1n) is 16.1. The summed E-state index contributed by atoms with van der Waals surface area (Å²) in [6.07, 6.45) is 16.0. The molecule has 5 nitrogen and oxygen atoms in total. The fourth-order valence-corrected chi connectivity index (χ4v) is 6.64. The van der Waals surface area contributed by atoms with Crippen molar-refractivity contribution in [3.05, 3.63) is 60.2 Å². The monoisotopic (exact) mass is 598 g/mol. The number of hydrogen-bond acceptors (Lipinski definition) is 5. The van der Waals surface area contributed by atoms with Crippen molar-refractivity contribution in [1.29, 1.82) is 0 Å². The summed E-state index contributed by atoms with van der Waals surface area (Å²) >= 11 is 0. The van der Waals surface area contributed by atoms with E-state index in [-0.39, 0.29) is 40.8 Å². The molecule has 1 aliphatic carbocycles. The Morgan fingerprint density at radius 2 is 1.74 bits per heavy atom. The molecule has 1 saturated carbocycles. The van der Waals surface area contributed by atoms with Gasteiger partial charge < -0.3 is 13.9 Å². The second-order valence-electron chi connectivity index (χ2n) is 13.9. The van der Waals surface area contributed by atoms with Crippen LogP contribution in [0.4, 0.5) is 0 Å². The number of esters is 1. The van der Waals surface area contributed by atoms with E-state index in [1.165, 1.54) is 20.0 Å². The summed E-state index contributed by atoms with van der Waals surface area (Å²) in [4.78, 5) is 24.9. The van der Waals surface area contributed by atoms with E-state index in [2.05, 4.69) is 91.1 Å². The maximum atomic E-state index is 13.4. The molecule has 1 unspecified atom stereocenters. The van der Waals surface area contributed by atoms with Crippen LogP contribution in [-0.4, -0.2) is 39.4 Å². The largest absolute Gasteiger partial charge is 0.469 e. The molecule has 0 spiro atoms. The Labute approximate surface area is 257 Å². The number of methoxy groups -OCH3 is 1. The van der Waals surface area contributed by atoms with Crippen LogP contribution in [0.15, 0.2) is 54.6 Å². The topological polar surface area (TPSA) is 61.8 Å². The molecule has 0 saturated heterocycles. The Morgan fingerprint density at radius 1 is 1.05 bits per heavy atom. The third-order valence-corrected chi connectivity index (χ3v) is 13.6. The number of unbranched alkanes of at least 4 members (excludes halogenated alkanes) is 3. The van der Waals surface area contributed by atoms with Gasteiger partial charge in [-0.25, -0.2) is 0 Å². The minimum Gasteiger partial charge on any atom is -0.469 e. The summed E-state index contributed by atoms with van der Waals surface area (Å²) in [6, 6.07) is 10.3. The van der Waals surface area contributed by atoms with Crippen molar-refractivity contribution in [2.45, 2.75) is 135 Å². The lowest BCUT2D eigenvalue weighted by Gasteiger charge is -2.39. The predicted molar refractivity (Wildman–Crippen MR) is 176 cm³/mol. The van der Waals surface area contributed by atoms with Crippen molar-refractivity contribution >= 4 is 20.1 Å². The molecule has 0 bridgehead atoms. The van der Waals surface area contributed by atoms with Gasteiger partial charge in [-0.05, 0) is 63.2 Å². The summed E-state index contributed by atoms with van der Waals surface area (Å²) in [7, 11) is -0.556. The van der Waals surface area contributed by atoms with Crippen LogP contribution in [0.2, 0.25) is 18.1 Å². The van der Waals surface area contributed by atoms with Crippen LogP contribution in [0.25, 0.3) is 0 Å². The molecule has 236 valence electrons. The van der Waals surface area contributed by atoms with E-state index in [0.717, 1.165) is 31.2 Å². The van der Waals surface area contributed by atoms with E-state index < -0.39 is 13.9 Å². The molecule has 1 fully saturated rings. The minimum atomic E-state index is -1.97. The zero-order valence-electron chi connectivity index (χ0n) is 27.9. The van der Waals surface area contributed by atoms with Crippen LogP contribution in [0.3, 0.4) is 0 Å². The molecule has 0 aromatic heterocycles. The summed E-state index contributed by atoms with van der Waals surface area (Å²) in [5, 5.41) is 0.125. The van der Waals surface area contributed by atoms with Crippen molar-refractivity contribution in [1.82, 2.24) is 0 Å². The van der Waals surface area contributed by atoms with Crippen LogP contribution in [-0.2, 0) is 29.1 Å². The van der Waals surface area contributed by atoms with Gasteiger partial charge in [-0.1, -0.05) is 102 Å². The quantitative estimate of drug-likeness (QED) is 0.0774. The van der Waals surface area contributed by atoms with Gasteiger partial charge in [0, 0.05) is 24.7 Å². The molecule has 4 atom stereocenters. The molecule has 42 heavy (non-hydrogen) atoms. The van der Waals surface area contributed by atoms with Gasteiger partial charge >= 0.3 is 5.97 Å². The van der Waals surface area contributed by atoms with Gasteiger partial charge in [0.1, 0.15) is 5.78 Å². The Bertz CT molecular complexity index is 1020. The van der Waals surface area contributed by atoms with E-state index in [4.69, 9.17) is 13.9 Å². The van der Waals surface area contributed by atoms with Crippen molar-refractivity contribution in [3.8, 4) is 0 Å². The number of ketones is 1. The zero-order valence-corrected chi connectivity index (χ0v) is 28.9. The highest BCUT2D eigenvalue weighted by atomic mass is 28.4.